The van der Waals surface area contributed by atoms with Crippen LogP contribution in [0.1, 0.15) is 0 Å². The van der Waals surface area contributed by atoms with E-state index in [4.69, 9.17) is 0 Å². The van der Waals surface area contributed by atoms with Gasteiger partial charge in [-0.15, -0.1) is 0 Å². The molecule has 1 aromatic carbocycles. The van der Waals surface area contributed by atoms with Crippen LogP contribution >= 0.6 is 0 Å². The Hall–Kier alpha value is -1.71. The van der Waals surface area contributed by atoms with Crippen molar-refractivity contribution >= 4 is 17.2 Å². The predicted octanol–water partition coefficient (Wildman–Crippen LogP) is 1.37. The fourth-order valence-corrected chi connectivity index (χ4v) is 1.28. The lowest BCUT2D eigenvalue weighted by molar-refractivity contribution is -0.108. The molecule has 0 spiro atoms. The first-order chi connectivity index (χ1) is 6.33. The molecule has 0 saturated heterocycles. The van der Waals surface area contributed by atoms with E-state index < -0.39 is 0 Å². The molecular weight excluding hydrogens is 171 g/mol. The van der Waals surface area contributed by atoms with E-state index >= 15 is 0 Å². The molecule has 4 heteroatoms. The Bertz CT molecular complexity index is 450. The molecule has 0 radical (unpaired) electrons. The fraction of sp³-hybridized carbons (Fsp3) is 0.111. The van der Waals surface area contributed by atoms with Crippen molar-refractivity contribution in [3.8, 4) is 0 Å². The second-order valence-corrected chi connectivity index (χ2v) is 2.67. The number of carbonyl (C=O) groups excluding carboxylic acids is 1. The van der Waals surface area contributed by atoms with Gasteiger partial charge in [-0.25, -0.2) is 4.39 Å². The summed E-state index contributed by atoms with van der Waals surface area (Å²) in [4.78, 5) is 10.2. The third-order valence-electron chi connectivity index (χ3n) is 1.88. The summed E-state index contributed by atoms with van der Waals surface area (Å²) in [5.74, 6) is -0.311. The highest BCUT2D eigenvalue weighted by atomic mass is 19.1. The number of hydrogen-bond donors (Lipinski definition) is 0. The topological polar surface area (TPSA) is 34.9 Å². The van der Waals surface area contributed by atoms with Gasteiger partial charge in [0.15, 0.2) is 0 Å². The number of halogens is 1. The lowest BCUT2D eigenvalue weighted by Crippen LogP contribution is -1.99. The highest BCUT2D eigenvalue weighted by Crippen LogP contribution is 2.16. The average molecular weight is 178 g/mol. The van der Waals surface area contributed by atoms with Gasteiger partial charge in [0, 0.05) is 0 Å². The summed E-state index contributed by atoms with van der Waals surface area (Å²) in [6.45, 7) is 0.160. The van der Waals surface area contributed by atoms with Gasteiger partial charge in [-0.3, -0.25) is 4.68 Å². The molecular formula is C9H7FN2O. The standard InChI is InChI=1S/C9H7FN2O/c10-8-2-1-3-9-7(8)6-11-12(9)4-5-13/h1-3,5-6H,4H2. The van der Waals surface area contributed by atoms with Crippen LogP contribution in [0.3, 0.4) is 0 Å². The summed E-state index contributed by atoms with van der Waals surface area (Å²) in [7, 11) is 0. The Balaban J connectivity index is 2.67. The van der Waals surface area contributed by atoms with Crippen LogP contribution in [0.15, 0.2) is 24.4 Å². The molecule has 0 aliphatic carbocycles. The predicted molar refractivity (Wildman–Crippen MR) is 45.8 cm³/mol. The minimum Gasteiger partial charge on any atom is -0.301 e. The number of rotatable bonds is 2. The highest BCUT2D eigenvalue weighted by Gasteiger charge is 2.04. The molecule has 0 fully saturated rings. The Labute approximate surface area is 73.8 Å². The first-order valence-electron chi connectivity index (χ1n) is 3.86. The van der Waals surface area contributed by atoms with E-state index in [2.05, 4.69) is 5.10 Å². The number of nitrogens with zero attached hydrogens (tertiary/aromatic N) is 2. The minimum atomic E-state index is -0.311. The third kappa shape index (κ3) is 1.20. The Morgan fingerprint density at radius 1 is 1.54 bits per heavy atom. The minimum absolute atomic E-state index is 0.160. The highest BCUT2D eigenvalue weighted by molar-refractivity contribution is 5.79. The van der Waals surface area contributed by atoms with Crippen LogP contribution in [0.5, 0.6) is 0 Å². The lowest BCUT2D eigenvalue weighted by Gasteiger charge is -1.96. The maximum absolute atomic E-state index is 13.1. The van der Waals surface area contributed by atoms with Crippen molar-refractivity contribution in [2.75, 3.05) is 0 Å². The first kappa shape index (κ1) is 7.91. The van der Waals surface area contributed by atoms with E-state index in [-0.39, 0.29) is 12.4 Å². The molecule has 66 valence electrons. The monoisotopic (exact) mass is 178 g/mol. The van der Waals surface area contributed by atoms with Gasteiger partial charge >= 0.3 is 0 Å². The number of aromatic nitrogens is 2. The van der Waals surface area contributed by atoms with Crippen LogP contribution in [-0.2, 0) is 11.3 Å². The molecule has 0 atom stereocenters. The van der Waals surface area contributed by atoms with Crippen molar-refractivity contribution in [3.63, 3.8) is 0 Å². The molecule has 13 heavy (non-hydrogen) atoms. The second kappa shape index (κ2) is 2.97. The zero-order valence-electron chi connectivity index (χ0n) is 6.77. The number of hydrogen-bond acceptors (Lipinski definition) is 2. The maximum atomic E-state index is 13.1. The zero-order valence-corrected chi connectivity index (χ0v) is 6.77. The van der Waals surface area contributed by atoms with Gasteiger partial charge in [0.2, 0.25) is 0 Å². The smallest absolute Gasteiger partial charge is 0.141 e. The molecule has 0 bridgehead atoms. The summed E-state index contributed by atoms with van der Waals surface area (Å²) in [6, 6.07) is 4.70. The lowest BCUT2D eigenvalue weighted by atomic mass is 10.2. The van der Waals surface area contributed by atoms with Gasteiger partial charge in [-0.2, -0.15) is 5.10 Å². The molecule has 0 amide bonds. The SMILES string of the molecule is O=CCn1ncc2c(F)cccc21. The Kier molecular flexibility index (Phi) is 1.81. The van der Waals surface area contributed by atoms with E-state index in [0.717, 1.165) is 6.29 Å². The molecule has 0 N–H and O–H groups in total. The van der Waals surface area contributed by atoms with Gasteiger partial charge in [0.05, 0.1) is 23.6 Å². The average Bonchev–Trinajstić information content (AvgIpc) is 2.51. The second-order valence-electron chi connectivity index (χ2n) is 2.67. The van der Waals surface area contributed by atoms with Gasteiger partial charge in [-0.1, -0.05) is 6.07 Å². The van der Waals surface area contributed by atoms with Gasteiger partial charge in [0.25, 0.3) is 0 Å². The molecule has 0 saturated carbocycles. The van der Waals surface area contributed by atoms with E-state index in [1.165, 1.54) is 16.9 Å². The van der Waals surface area contributed by atoms with Crippen LogP contribution in [0, 0.1) is 5.82 Å². The molecule has 3 nitrogen and oxygen atoms in total. The summed E-state index contributed by atoms with van der Waals surface area (Å²) in [5, 5.41) is 4.34. The number of aldehydes is 1. The molecule has 0 aliphatic heterocycles. The van der Waals surface area contributed by atoms with Gasteiger partial charge in [-0.05, 0) is 12.1 Å². The zero-order chi connectivity index (χ0) is 9.26. The quantitative estimate of drug-likeness (QED) is 0.651. The normalized spacial score (nSPS) is 10.5. The third-order valence-corrected chi connectivity index (χ3v) is 1.88. The van der Waals surface area contributed by atoms with E-state index in [1.54, 1.807) is 12.1 Å². The molecule has 2 aromatic rings. The van der Waals surface area contributed by atoms with Gasteiger partial charge in [0.1, 0.15) is 12.1 Å². The van der Waals surface area contributed by atoms with Crippen LogP contribution in [0.2, 0.25) is 0 Å². The van der Waals surface area contributed by atoms with Crippen LogP contribution in [0.4, 0.5) is 4.39 Å². The molecule has 1 heterocycles. The largest absolute Gasteiger partial charge is 0.301 e. The number of carbonyl (C=O) groups is 1. The van der Waals surface area contributed by atoms with E-state index in [9.17, 15) is 9.18 Å². The van der Waals surface area contributed by atoms with Crippen molar-refractivity contribution < 1.29 is 9.18 Å². The van der Waals surface area contributed by atoms with Crippen LogP contribution in [0.25, 0.3) is 10.9 Å². The van der Waals surface area contributed by atoms with E-state index in [1.807, 2.05) is 0 Å². The van der Waals surface area contributed by atoms with Crippen molar-refractivity contribution in [3.05, 3.63) is 30.2 Å². The van der Waals surface area contributed by atoms with Crippen molar-refractivity contribution in [1.29, 1.82) is 0 Å². The molecule has 0 aliphatic rings. The van der Waals surface area contributed by atoms with Crippen LogP contribution in [-0.4, -0.2) is 16.1 Å². The van der Waals surface area contributed by atoms with Gasteiger partial charge < -0.3 is 4.79 Å². The summed E-state index contributed by atoms with van der Waals surface area (Å²) in [6.07, 6.45) is 2.16. The number of fused-ring (bicyclic) bond motifs is 1. The van der Waals surface area contributed by atoms with Crippen molar-refractivity contribution in [2.24, 2.45) is 0 Å². The Morgan fingerprint density at radius 2 is 2.38 bits per heavy atom. The number of benzene rings is 1. The first-order valence-corrected chi connectivity index (χ1v) is 3.86. The maximum Gasteiger partial charge on any atom is 0.141 e. The van der Waals surface area contributed by atoms with Crippen molar-refractivity contribution in [1.82, 2.24) is 9.78 Å². The van der Waals surface area contributed by atoms with Crippen molar-refractivity contribution in [2.45, 2.75) is 6.54 Å². The Morgan fingerprint density at radius 3 is 3.15 bits per heavy atom. The molecule has 2 rings (SSSR count). The van der Waals surface area contributed by atoms with Crippen LogP contribution < -0.4 is 0 Å². The summed E-state index contributed by atoms with van der Waals surface area (Å²) >= 11 is 0. The molecule has 0 unspecified atom stereocenters. The fourth-order valence-electron chi connectivity index (χ4n) is 1.28. The van der Waals surface area contributed by atoms with E-state index in [0.29, 0.717) is 10.9 Å². The summed E-state index contributed by atoms with van der Waals surface area (Å²) in [5.41, 5.74) is 0.645. The molecule has 1 aromatic heterocycles. The summed E-state index contributed by atoms with van der Waals surface area (Å²) < 4.78 is 14.6.